The maximum absolute atomic E-state index is 14.2. The molecule has 0 unspecified atom stereocenters. The van der Waals surface area contributed by atoms with E-state index in [0.29, 0.717) is 26.2 Å². The molecule has 0 bridgehead atoms. The Kier molecular flexibility index (Phi) is 4.94. The third-order valence-electron chi connectivity index (χ3n) is 4.38. The minimum Gasteiger partial charge on any atom is -0.336 e. The van der Waals surface area contributed by atoms with Gasteiger partial charge in [0.1, 0.15) is 11.6 Å². The van der Waals surface area contributed by atoms with Gasteiger partial charge in [-0.15, -0.1) is 0 Å². The molecule has 1 heterocycles. The molecule has 2 aliphatic rings. The van der Waals surface area contributed by atoms with Crippen molar-refractivity contribution in [1.82, 2.24) is 15.5 Å². The second kappa shape index (κ2) is 7.12. The third-order valence-corrected chi connectivity index (χ3v) is 4.38. The van der Waals surface area contributed by atoms with Crippen LogP contribution >= 0.6 is 0 Å². The lowest BCUT2D eigenvalue weighted by Crippen LogP contribution is -2.46. The molecule has 0 atom stereocenters. The van der Waals surface area contributed by atoms with Crippen LogP contribution < -0.4 is 16.0 Å². The van der Waals surface area contributed by atoms with Crippen LogP contribution in [0, 0.1) is 11.6 Å². The zero-order chi connectivity index (χ0) is 17.1. The molecule has 0 spiro atoms. The Hall–Kier alpha value is -2.22. The van der Waals surface area contributed by atoms with Crippen LogP contribution in [0.4, 0.5) is 19.3 Å². The number of hydrogen-bond donors (Lipinski definition) is 3. The van der Waals surface area contributed by atoms with Gasteiger partial charge in [-0.1, -0.05) is 0 Å². The highest BCUT2D eigenvalue weighted by Gasteiger charge is 2.24. The predicted octanol–water partition coefficient (Wildman–Crippen LogP) is 1.68. The van der Waals surface area contributed by atoms with E-state index in [0.717, 1.165) is 31.4 Å². The molecule has 24 heavy (non-hydrogen) atoms. The standard InChI is InChI=1S/C16H20F2N4O2/c17-12-9-14(21-16(24)20-10-2-1-3-10)13(18)8-11(12)15(23)22-6-4-19-5-7-22/h8-10,19H,1-7H2,(H2,20,21,24). The van der Waals surface area contributed by atoms with E-state index in [2.05, 4.69) is 16.0 Å². The van der Waals surface area contributed by atoms with Crippen molar-refractivity contribution in [2.45, 2.75) is 25.3 Å². The summed E-state index contributed by atoms with van der Waals surface area (Å²) < 4.78 is 28.4. The Morgan fingerprint density at radius 3 is 2.46 bits per heavy atom. The summed E-state index contributed by atoms with van der Waals surface area (Å²) in [7, 11) is 0. The summed E-state index contributed by atoms with van der Waals surface area (Å²) in [5, 5.41) is 8.06. The van der Waals surface area contributed by atoms with E-state index < -0.39 is 23.6 Å². The minimum atomic E-state index is -0.848. The average Bonchev–Trinajstić information content (AvgIpc) is 2.54. The maximum atomic E-state index is 14.2. The Morgan fingerprint density at radius 1 is 1.12 bits per heavy atom. The van der Waals surface area contributed by atoms with Gasteiger partial charge in [0.2, 0.25) is 0 Å². The second-order valence-electron chi connectivity index (χ2n) is 6.08. The molecule has 1 aromatic carbocycles. The Labute approximate surface area is 138 Å². The number of halogens is 2. The summed E-state index contributed by atoms with van der Waals surface area (Å²) >= 11 is 0. The van der Waals surface area contributed by atoms with Crippen LogP contribution in [0.3, 0.4) is 0 Å². The van der Waals surface area contributed by atoms with Gasteiger partial charge in [0.05, 0.1) is 11.3 Å². The van der Waals surface area contributed by atoms with Crippen LogP contribution in [0.2, 0.25) is 0 Å². The molecule has 3 N–H and O–H groups in total. The average molecular weight is 338 g/mol. The first kappa shape index (κ1) is 16.6. The molecule has 1 aromatic rings. The van der Waals surface area contributed by atoms with Crippen LogP contribution in [-0.4, -0.2) is 49.1 Å². The van der Waals surface area contributed by atoms with Gasteiger partial charge >= 0.3 is 6.03 Å². The normalized spacial score (nSPS) is 18.0. The summed E-state index contributed by atoms with van der Waals surface area (Å²) in [4.78, 5) is 25.5. The predicted molar refractivity (Wildman–Crippen MR) is 84.9 cm³/mol. The van der Waals surface area contributed by atoms with Crippen molar-refractivity contribution < 1.29 is 18.4 Å². The summed E-state index contributed by atoms with van der Waals surface area (Å²) in [5.41, 5.74) is -0.597. The van der Waals surface area contributed by atoms with Crippen LogP contribution in [0.25, 0.3) is 0 Å². The van der Waals surface area contributed by atoms with Crippen molar-refractivity contribution in [2.24, 2.45) is 0 Å². The SMILES string of the molecule is O=C(Nc1cc(F)c(C(=O)N2CCNCC2)cc1F)NC1CCC1. The first-order valence-electron chi connectivity index (χ1n) is 8.11. The lowest BCUT2D eigenvalue weighted by atomic mass is 9.93. The van der Waals surface area contributed by atoms with Gasteiger partial charge in [-0.3, -0.25) is 4.79 Å². The molecule has 8 heteroatoms. The van der Waals surface area contributed by atoms with Crippen molar-refractivity contribution in [3.05, 3.63) is 29.3 Å². The Morgan fingerprint density at radius 2 is 1.83 bits per heavy atom. The molecule has 1 aliphatic heterocycles. The van der Waals surface area contributed by atoms with Crippen molar-refractivity contribution in [2.75, 3.05) is 31.5 Å². The molecule has 1 saturated heterocycles. The van der Waals surface area contributed by atoms with Crippen molar-refractivity contribution in [3.8, 4) is 0 Å². The van der Waals surface area contributed by atoms with E-state index >= 15 is 0 Å². The molecule has 0 aromatic heterocycles. The Bertz CT molecular complexity index is 643. The number of carbonyl (C=O) groups excluding carboxylic acids is 2. The fraction of sp³-hybridized carbons (Fsp3) is 0.500. The minimum absolute atomic E-state index is 0.0893. The molecule has 3 rings (SSSR count). The van der Waals surface area contributed by atoms with Gasteiger partial charge in [0, 0.05) is 38.3 Å². The number of carbonyl (C=O) groups is 2. The topological polar surface area (TPSA) is 73.5 Å². The van der Waals surface area contributed by atoms with Gasteiger partial charge in [0.15, 0.2) is 0 Å². The van der Waals surface area contributed by atoms with Crippen molar-refractivity contribution in [1.29, 1.82) is 0 Å². The molecular formula is C16H20F2N4O2. The summed E-state index contributed by atoms with van der Waals surface area (Å²) in [5.74, 6) is -2.23. The number of hydrogen-bond acceptors (Lipinski definition) is 3. The number of urea groups is 1. The molecular weight excluding hydrogens is 318 g/mol. The first-order valence-corrected chi connectivity index (χ1v) is 8.11. The molecule has 1 saturated carbocycles. The number of piperazine rings is 1. The molecule has 6 nitrogen and oxygen atoms in total. The van der Waals surface area contributed by atoms with E-state index in [1.807, 2.05) is 0 Å². The fourth-order valence-electron chi connectivity index (χ4n) is 2.74. The number of benzene rings is 1. The zero-order valence-corrected chi connectivity index (χ0v) is 13.2. The second-order valence-corrected chi connectivity index (χ2v) is 6.08. The third kappa shape index (κ3) is 3.64. The van der Waals surface area contributed by atoms with Gasteiger partial charge in [-0.05, 0) is 25.3 Å². The number of anilines is 1. The Balaban J connectivity index is 1.70. The van der Waals surface area contributed by atoms with E-state index in [-0.39, 0.29) is 17.3 Å². The van der Waals surface area contributed by atoms with Gasteiger partial charge in [0.25, 0.3) is 5.91 Å². The number of amides is 3. The lowest BCUT2D eigenvalue weighted by Gasteiger charge is -2.28. The van der Waals surface area contributed by atoms with E-state index in [1.54, 1.807) is 0 Å². The molecule has 2 fully saturated rings. The monoisotopic (exact) mass is 338 g/mol. The smallest absolute Gasteiger partial charge is 0.319 e. The van der Waals surface area contributed by atoms with Gasteiger partial charge < -0.3 is 20.9 Å². The van der Waals surface area contributed by atoms with Gasteiger partial charge in [-0.25, -0.2) is 13.6 Å². The van der Waals surface area contributed by atoms with E-state index in [1.165, 1.54) is 4.90 Å². The van der Waals surface area contributed by atoms with Crippen LogP contribution in [0.5, 0.6) is 0 Å². The number of nitrogens with zero attached hydrogens (tertiary/aromatic N) is 1. The largest absolute Gasteiger partial charge is 0.336 e. The summed E-state index contributed by atoms with van der Waals surface area (Å²) in [6.45, 7) is 2.14. The highest BCUT2D eigenvalue weighted by atomic mass is 19.1. The highest BCUT2D eigenvalue weighted by Crippen LogP contribution is 2.22. The van der Waals surface area contributed by atoms with E-state index in [9.17, 15) is 18.4 Å². The van der Waals surface area contributed by atoms with Gasteiger partial charge in [-0.2, -0.15) is 0 Å². The quantitative estimate of drug-likeness (QED) is 0.785. The van der Waals surface area contributed by atoms with Crippen LogP contribution in [-0.2, 0) is 0 Å². The summed E-state index contributed by atoms with van der Waals surface area (Å²) in [6, 6.07) is 1.22. The van der Waals surface area contributed by atoms with Crippen LogP contribution in [0.1, 0.15) is 29.6 Å². The highest BCUT2D eigenvalue weighted by molar-refractivity contribution is 5.96. The molecule has 0 radical (unpaired) electrons. The molecule has 130 valence electrons. The summed E-state index contributed by atoms with van der Waals surface area (Å²) in [6.07, 6.45) is 2.83. The number of nitrogens with one attached hydrogen (secondary N) is 3. The first-order chi connectivity index (χ1) is 11.5. The fourth-order valence-corrected chi connectivity index (χ4v) is 2.74. The van der Waals surface area contributed by atoms with E-state index in [4.69, 9.17) is 0 Å². The zero-order valence-electron chi connectivity index (χ0n) is 13.2. The lowest BCUT2D eigenvalue weighted by molar-refractivity contribution is 0.0730. The van der Waals surface area contributed by atoms with Crippen molar-refractivity contribution in [3.63, 3.8) is 0 Å². The number of rotatable bonds is 3. The van der Waals surface area contributed by atoms with Crippen LogP contribution in [0.15, 0.2) is 12.1 Å². The molecule has 1 aliphatic carbocycles. The van der Waals surface area contributed by atoms with Crippen molar-refractivity contribution >= 4 is 17.6 Å². The maximum Gasteiger partial charge on any atom is 0.319 e. The molecule has 3 amide bonds.